The first kappa shape index (κ1) is 14.9. The molecule has 2 aromatic carbocycles. The molecule has 0 spiro atoms. The second-order valence-corrected chi connectivity index (χ2v) is 4.91. The minimum atomic E-state index is -1.15. The average Bonchev–Trinajstić information content (AvgIpc) is 2.43. The van der Waals surface area contributed by atoms with Crippen LogP contribution in [-0.4, -0.2) is 22.1 Å². The average molecular weight is 306 g/mol. The number of carboxylic acid groups (broad SMARTS) is 1. The second kappa shape index (κ2) is 5.85. The summed E-state index contributed by atoms with van der Waals surface area (Å²) in [5, 5.41) is 21.6. The molecule has 0 atom stereocenters. The van der Waals surface area contributed by atoms with E-state index in [0.29, 0.717) is 5.02 Å². The lowest BCUT2D eigenvalue weighted by atomic mass is 10.1. The molecular formula is C15H12ClNO4. The van der Waals surface area contributed by atoms with Crippen LogP contribution in [0.25, 0.3) is 0 Å². The van der Waals surface area contributed by atoms with Gasteiger partial charge in [0.2, 0.25) is 0 Å². The second-order valence-electron chi connectivity index (χ2n) is 4.47. The first-order valence-electron chi connectivity index (χ1n) is 6.02. The molecule has 2 rings (SSSR count). The number of phenolic OH excluding ortho intramolecular Hbond substituents is 1. The maximum atomic E-state index is 12.1. The zero-order valence-corrected chi connectivity index (χ0v) is 11.8. The Morgan fingerprint density at radius 1 is 1.10 bits per heavy atom. The molecule has 2 aromatic rings. The molecule has 0 saturated carbocycles. The van der Waals surface area contributed by atoms with Gasteiger partial charge < -0.3 is 15.5 Å². The van der Waals surface area contributed by atoms with Crippen LogP contribution in [0.1, 0.15) is 26.3 Å². The van der Waals surface area contributed by atoms with E-state index in [2.05, 4.69) is 5.32 Å². The first-order valence-corrected chi connectivity index (χ1v) is 6.40. The van der Waals surface area contributed by atoms with E-state index >= 15 is 0 Å². The molecule has 0 radical (unpaired) electrons. The number of amides is 1. The molecule has 6 heteroatoms. The van der Waals surface area contributed by atoms with Crippen molar-refractivity contribution in [2.45, 2.75) is 6.92 Å². The minimum Gasteiger partial charge on any atom is -0.507 e. The Morgan fingerprint density at radius 3 is 2.48 bits per heavy atom. The van der Waals surface area contributed by atoms with E-state index in [1.165, 1.54) is 30.3 Å². The van der Waals surface area contributed by atoms with Crippen LogP contribution < -0.4 is 5.32 Å². The van der Waals surface area contributed by atoms with Gasteiger partial charge in [-0.15, -0.1) is 0 Å². The highest BCUT2D eigenvalue weighted by atomic mass is 35.5. The molecule has 1 amide bonds. The number of carbonyl (C=O) groups excluding carboxylic acids is 1. The smallest absolute Gasteiger partial charge is 0.337 e. The van der Waals surface area contributed by atoms with E-state index in [1.807, 2.05) is 0 Å². The maximum Gasteiger partial charge on any atom is 0.337 e. The lowest BCUT2D eigenvalue weighted by molar-refractivity contribution is 0.0698. The normalized spacial score (nSPS) is 10.2. The van der Waals surface area contributed by atoms with Crippen molar-refractivity contribution in [2.24, 2.45) is 0 Å². The number of rotatable bonds is 3. The molecule has 5 nitrogen and oxygen atoms in total. The molecule has 0 aromatic heterocycles. The topological polar surface area (TPSA) is 86.6 Å². The number of carbonyl (C=O) groups is 2. The van der Waals surface area contributed by atoms with Crippen molar-refractivity contribution in [1.29, 1.82) is 0 Å². The van der Waals surface area contributed by atoms with Gasteiger partial charge >= 0.3 is 5.97 Å². The largest absolute Gasteiger partial charge is 0.507 e. The van der Waals surface area contributed by atoms with Crippen LogP contribution in [0.4, 0.5) is 5.69 Å². The number of halogens is 1. The standard InChI is InChI=1S/C15H12ClNO4/c1-8-2-4-12(10(6-8)15(20)21)17-14(19)11-7-9(16)3-5-13(11)18/h2-7,18H,1H3,(H,17,19)(H,20,21). The maximum absolute atomic E-state index is 12.1. The number of benzene rings is 2. The Kier molecular flexibility index (Phi) is 4.14. The lowest BCUT2D eigenvalue weighted by Crippen LogP contribution is -2.15. The van der Waals surface area contributed by atoms with Gasteiger partial charge in [-0.3, -0.25) is 4.79 Å². The van der Waals surface area contributed by atoms with Gasteiger partial charge in [-0.2, -0.15) is 0 Å². The Hall–Kier alpha value is -2.53. The van der Waals surface area contributed by atoms with Crippen LogP contribution >= 0.6 is 11.6 Å². The van der Waals surface area contributed by atoms with Gasteiger partial charge in [0.15, 0.2) is 0 Å². The van der Waals surface area contributed by atoms with Crippen molar-refractivity contribution in [1.82, 2.24) is 0 Å². The minimum absolute atomic E-state index is 0.0233. The third-order valence-corrected chi connectivity index (χ3v) is 3.09. The lowest BCUT2D eigenvalue weighted by Gasteiger charge is -2.10. The van der Waals surface area contributed by atoms with Gasteiger partial charge in [0, 0.05) is 5.02 Å². The Morgan fingerprint density at radius 2 is 1.81 bits per heavy atom. The molecule has 21 heavy (non-hydrogen) atoms. The highest BCUT2D eigenvalue weighted by Gasteiger charge is 2.16. The molecule has 0 aliphatic rings. The highest BCUT2D eigenvalue weighted by molar-refractivity contribution is 6.31. The Labute approximate surface area is 125 Å². The SMILES string of the molecule is Cc1ccc(NC(=O)c2cc(Cl)ccc2O)c(C(=O)O)c1. The van der Waals surface area contributed by atoms with Crippen molar-refractivity contribution in [2.75, 3.05) is 5.32 Å². The summed E-state index contributed by atoms with van der Waals surface area (Å²) in [5.74, 6) is -2.02. The fraction of sp³-hybridized carbons (Fsp3) is 0.0667. The Bertz CT molecular complexity index is 728. The van der Waals surface area contributed by atoms with E-state index in [0.717, 1.165) is 5.56 Å². The summed E-state index contributed by atoms with van der Waals surface area (Å²) < 4.78 is 0. The van der Waals surface area contributed by atoms with Crippen molar-refractivity contribution in [3.63, 3.8) is 0 Å². The van der Waals surface area contributed by atoms with Gasteiger partial charge in [0.25, 0.3) is 5.91 Å². The number of anilines is 1. The van der Waals surface area contributed by atoms with Crippen LogP contribution in [0, 0.1) is 6.92 Å². The molecule has 3 N–H and O–H groups in total. The van der Waals surface area contributed by atoms with Crippen LogP contribution in [0.2, 0.25) is 5.02 Å². The third-order valence-electron chi connectivity index (χ3n) is 2.86. The summed E-state index contributed by atoms with van der Waals surface area (Å²) in [6.45, 7) is 1.75. The van der Waals surface area contributed by atoms with E-state index < -0.39 is 11.9 Å². The highest BCUT2D eigenvalue weighted by Crippen LogP contribution is 2.24. The van der Waals surface area contributed by atoms with Gasteiger partial charge in [-0.1, -0.05) is 23.2 Å². The molecule has 0 bridgehead atoms. The van der Waals surface area contributed by atoms with Crippen LogP contribution in [0.5, 0.6) is 5.75 Å². The number of aromatic hydroxyl groups is 1. The molecular weight excluding hydrogens is 294 g/mol. The van der Waals surface area contributed by atoms with Crippen molar-refractivity contribution in [3.8, 4) is 5.75 Å². The fourth-order valence-electron chi connectivity index (χ4n) is 1.82. The zero-order valence-electron chi connectivity index (χ0n) is 11.1. The van der Waals surface area contributed by atoms with Crippen LogP contribution in [0.3, 0.4) is 0 Å². The molecule has 0 fully saturated rings. The molecule has 0 aliphatic heterocycles. The Balaban J connectivity index is 2.36. The van der Waals surface area contributed by atoms with Crippen molar-refractivity contribution in [3.05, 3.63) is 58.1 Å². The number of hydrogen-bond donors (Lipinski definition) is 3. The third kappa shape index (κ3) is 3.32. The first-order chi connectivity index (χ1) is 9.88. The van der Waals surface area contributed by atoms with Gasteiger partial charge in [0.1, 0.15) is 5.75 Å². The summed E-state index contributed by atoms with van der Waals surface area (Å²) in [6, 6.07) is 8.68. The molecule has 0 aliphatic carbocycles. The number of phenols is 1. The number of aryl methyl sites for hydroxylation is 1. The van der Waals surface area contributed by atoms with Gasteiger partial charge in [-0.25, -0.2) is 4.79 Å². The van der Waals surface area contributed by atoms with E-state index in [4.69, 9.17) is 16.7 Å². The fourth-order valence-corrected chi connectivity index (χ4v) is 2.00. The summed E-state index contributed by atoms with van der Waals surface area (Å²) in [4.78, 5) is 23.3. The number of hydrogen-bond acceptors (Lipinski definition) is 3. The number of carboxylic acids is 1. The van der Waals surface area contributed by atoms with Crippen molar-refractivity contribution >= 4 is 29.2 Å². The summed E-state index contributed by atoms with van der Waals surface area (Å²) in [5.41, 5.74) is 0.859. The number of aromatic carboxylic acids is 1. The summed E-state index contributed by atoms with van der Waals surface area (Å²) in [7, 11) is 0. The molecule has 0 saturated heterocycles. The monoisotopic (exact) mass is 305 g/mol. The van der Waals surface area contributed by atoms with Gasteiger partial charge in [0.05, 0.1) is 16.8 Å². The zero-order chi connectivity index (χ0) is 15.6. The van der Waals surface area contributed by atoms with Gasteiger partial charge in [-0.05, 0) is 37.3 Å². The van der Waals surface area contributed by atoms with Crippen molar-refractivity contribution < 1.29 is 19.8 Å². The quantitative estimate of drug-likeness (QED) is 0.812. The van der Waals surface area contributed by atoms with E-state index in [1.54, 1.807) is 13.0 Å². The van der Waals surface area contributed by atoms with Crippen LogP contribution in [0.15, 0.2) is 36.4 Å². The molecule has 0 heterocycles. The van der Waals surface area contributed by atoms with E-state index in [-0.39, 0.29) is 22.6 Å². The van der Waals surface area contributed by atoms with Crippen LogP contribution in [-0.2, 0) is 0 Å². The molecule has 108 valence electrons. The van der Waals surface area contributed by atoms with E-state index in [9.17, 15) is 14.7 Å². The predicted octanol–water partition coefficient (Wildman–Crippen LogP) is 3.30. The molecule has 0 unspecified atom stereocenters. The summed E-state index contributed by atoms with van der Waals surface area (Å²) in [6.07, 6.45) is 0. The number of nitrogens with one attached hydrogen (secondary N) is 1. The predicted molar refractivity (Wildman–Crippen MR) is 79.2 cm³/mol. The summed E-state index contributed by atoms with van der Waals surface area (Å²) >= 11 is 5.78.